The summed E-state index contributed by atoms with van der Waals surface area (Å²) in [7, 11) is 0. The van der Waals surface area contributed by atoms with E-state index < -0.39 is 0 Å². The van der Waals surface area contributed by atoms with Crippen molar-refractivity contribution in [2.24, 2.45) is 0 Å². The molecular formula is C38H24N4. The summed E-state index contributed by atoms with van der Waals surface area (Å²) in [5.41, 5.74) is 8.05. The largest absolute Gasteiger partial charge is 0.309 e. The number of para-hydroxylation sites is 3. The average molecular weight is 537 g/mol. The van der Waals surface area contributed by atoms with Gasteiger partial charge in [-0.25, -0.2) is 4.98 Å². The molecule has 4 nitrogen and oxygen atoms in total. The van der Waals surface area contributed by atoms with Gasteiger partial charge in [0.05, 0.1) is 22.1 Å². The summed E-state index contributed by atoms with van der Waals surface area (Å²) in [4.78, 5) is 9.17. The Balaban J connectivity index is 1.39. The second-order valence-electron chi connectivity index (χ2n) is 10.7. The van der Waals surface area contributed by atoms with Crippen LogP contribution in [-0.4, -0.2) is 19.1 Å². The first kappa shape index (κ1) is 23.0. The second kappa shape index (κ2) is 8.88. The van der Waals surface area contributed by atoms with Gasteiger partial charge in [-0.05, 0) is 71.6 Å². The minimum atomic E-state index is 0.898. The fourth-order valence-corrected chi connectivity index (χ4v) is 6.57. The molecule has 0 radical (unpaired) electrons. The molecule has 0 unspecified atom stereocenters. The Hall–Kier alpha value is -5.74. The summed E-state index contributed by atoms with van der Waals surface area (Å²) in [6.07, 6.45) is 5.59. The van der Waals surface area contributed by atoms with Gasteiger partial charge < -0.3 is 4.57 Å². The lowest BCUT2D eigenvalue weighted by molar-refractivity contribution is 1.08. The predicted octanol–water partition coefficient (Wildman–Crippen LogP) is 9.49. The van der Waals surface area contributed by atoms with Gasteiger partial charge in [-0.15, -0.1) is 0 Å². The van der Waals surface area contributed by atoms with Gasteiger partial charge >= 0.3 is 0 Å². The third-order valence-electron chi connectivity index (χ3n) is 8.45. The number of pyridine rings is 2. The number of hydrogen-bond acceptors (Lipinski definition) is 2. The number of benzene rings is 5. The minimum absolute atomic E-state index is 0.898. The van der Waals surface area contributed by atoms with Gasteiger partial charge in [0.25, 0.3) is 0 Å². The SMILES string of the molecule is c1ccc(-n2c3ccccc3c3cc4ccc5c6ccccc6n(-c6ccc(-c7ccncc7)cn6)c5c4cc32)cc1. The molecule has 0 amide bonds. The highest BCUT2D eigenvalue weighted by molar-refractivity contribution is 6.22. The number of fused-ring (bicyclic) bond motifs is 8. The maximum atomic E-state index is 5.00. The van der Waals surface area contributed by atoms with E-state index in [1.807, 2.05) is 30.7 Å². The Kier molecular flexibility index (Phi) is 4.87. The van der Waals surface area contributed by atoms with E-state index >= 15 is 0 Å². The lowest BCUT2D eigenvalue weighted by atomic mass is 10.0. The lowest BCUT2D eigenvalue weighted by Gasteiger charge is -2.11. The molecule has 0 N–H and O–H groups in total. The number of aromatic nitrogens is 4. The molecule has 4 aromatic heterocycles. The molecule has 0 saturated carbocycles. The van der Waals surface area contributed by atoms with E-state index in [0.717, 1.165) is 28.1 Å². The van der Waals surface area contributed by atoms with Crippen molar-refractivity contribution in [1.82, 2.24) is 19.1 Å². The Morgan fingerprint density at radius 3 is 1.93 bits per heavy atom. The summed E-state index contributed by atoms with van der Waals surface area (Å²) in [6.45, 7) is 0. The van der Waals surface area contributed by atoms with Crippen molar-refractivity contribution in [3.63, 3.8) is 0 Å². The Morgan fingerprint density at radius 1 is 0.452 bits per heavy atom. The van der Waals surface area contributed by atoms with Crippen molar-refractivity contribution in [1.29, 1.82) is 0 Å². The molecule has 42 heavy (non-hydrogen) atoms. The van der Waals surface area contributed by atoms with Crippen LogP contribution in [0.2, 0.25) is 0 Å². The molecule has 9 aromatic rings. The van der Waals surface area contributed by atoms with Gasteiger partial charge in [-0.1, -0.05) is 66.7 Å². The summed E-state index contributed by atoms with van der Waals surface area (Å²) in [6, 6.07) is 45.5. The van der Waals surface area contributed by atoms with Crippen LogP contribution in [0.15, 0.2) is 146 Å². The van der Waals surface area contributed by atoms with Crippen LogP contribution >= 0.6 is 0 Å². The summed E-state index contributed by atoms with van der Waals surface area (Å²) in [5.74, 6) is 0.898. The first-order chi connectivity index (χ1) is 20.8. The van der Waals surface area contributed by atoms with Crippen LogP contribution in [0.1, 0.15) is 0 Å². The van der Waals surface area contributed by atoms with E-state index in [-0.39, 0.29) is 0 Å². The van der Waals surface area contributed by atoms with Crippen molar-refractivity contribution in [2.45, 2.75) is 0 Å². The first-order valence-electron chi connectivity index (χ1n) is 14.2. The summed E-state index contributed by atoms with van der Waals surface area (Å²) in [5, 5.41) is 7.37. The third-order valence-corrected chi connectivity index (χ3v) is 8.45. The van der Waals surface area contributed by atoms with Crippen molar-refractivity contribution < 1.29 is 0 Å². The third kappa shape index (κ3) is 3.29. The molecule has 196 valence electrons. The van der Waals surface area contributed by atoms with E-state index in [4.69, 9.17) is 4.98 Å². The predicted molar refractivity (Wildman–Crippen MR) is 174 cm³/mol. The molecule has 0 spiro atoms. The molecule has 0 saturated heterocycles. The van der Waals surface area contributed by atoms with Crippen LogP contribution in [0, 0.1) is 0 Å². The van der Waals surface area contributed by atoms with Gasteiger partial charge in [0, 0.05) is 56.8 Å². The molecule has 0 fully saturated rings. The molecule has 0 aliphatic rings. The highest BCUT2D eigenvalue weighted by atomic mass is 15.1. The molecule has 9 rings (SSSR count). The van der Waals surface area contributed by atoms with Crippen molar-refractivity contribution >= 4 is 54.4 Å². The molecule has 4 heteroatoms. The van der Waals surface area contributed by atoms with Crippen LogP contribution in [0.4, 0.5) is 0 Å². The van der Waals surface area contributed by atoms with Crippen LogP contribution in [-0.2, 0) is 0 Å². The summed E-state index contributed by atoms with van der Waals surface area (Å²) < 4.78 is 4.71. The molecule has 0 bridgehead atoms. The molecule has 5 aromatic carbocycles. The van der Waals surface area contributed by atoms with E-state index in [2.05, 4.69) is 129 Å². The lowest BCUT2D eigenvalue weighted by Crippen LogP contribution is -1.98. The molecular weight excluding hydrogens is 512 g/mol. The van der Waals surface area contributed by atoms with Gasteiger partial charge in [-0.2, -0.15) is 0 Å². The van der Waals surface area contributed by atoms with E-state index in [1.165, 1.54) is 48.9 Å². The maximum Gasteiger partial charge on any atom is 0.137 e. The van der Waals surface area contributed by atoms with E-state index in [1.54, 1.807) is 0 Å². The molecule has 0 aliphatic heterocycles. The zero-order valence-electron chi connectivity index (χ0n) is 22.6. The number of rotatable bonds is 3. The van der Waals surface area contributed by atoms with Crippen LogP contribution in [0.25, 0.3) is 77.0 Å². The normalized spacial score (nSPS) is 11.8. The first-order valence-corrected chi connectivity index (χ1v) is 14.2. The van der Waals surface area contributed by atoms with Crippen molar-refractivity contribution in [3.05, 3.63) is 146 Å². The van der Waals surface area contributed by atoms with Gasteiger partial charge in [-0.3, -0.25) is 9.55 Å². The Morgan fingerprint density at radius 2 is 1.17 bits per heavy atom. The topological polar surface area (TPSA) is 35.6 Å². The van der Waals surface area contributed by atoms with Crippen LogP contribution < -0.4 is 0 Å². The minimum Gasteiger partial charge on any atom is -0.309 e. The van der Waals surface area contributed by atoms with E-state index in [0.29, 0.717) is 0 Å². The van der Waals surface area contributed by atoms with Crippen LogP contribution in [0.3, 0.4) is 0 Å². The second-order valence-corrected chi connectivity index (χ2v) is 10.7. The fraction of sp³-hybridized carbons (Fsp3) is 0. The molecule has 0 atom stereocenters. The zero-order chi connectivity index (χ0) is 27.6. The standard InChI is InChI=1S/C38H24N4/c1-2-8-28(9-3-1)41-34-12-6-5-11-30(34)33-22-26-14-16-31-29-10-4-7-13-35(29)42(38(31)32(26)23-36(33)41)37-17-15-27(24-40-37)25-18-20-39-21-19-25/h1-24H. The maximum absolute atomic E-state index is 5.00. The zero-order valence-corrected chi connectivity index (χ0v) is 22.6. The van der Waals surface area contributed by atoms with Crippen molar-refractivity contribution in [3.8, 4) is 22.6 Å². The Bertz CT molecular complexity index is 2430. The fourth-order valence-electron chi connectivity index (χ4n) is 6.57. The van der Waals surface area contributed by atoms with E-state index in [9.17, 15) is 0 Å². The number of hydrogen-bond donors (Lipinski definition) is 0. The van der Waals surface area contributed by atoms with Crippen LogP contribution in [0.5, 0.6) is 0 Å². The van der Waals surface area contributed by atoms with Gasteiger partial charge in [0.1, 0.15) is 5.82 Å². The smallest absolute Gasteiger partial charge is 0.137 e. The molecule has 0 aliphatic carbocycles. The average Bonchev–Trinajstić information content (AvgIpc) is 3.57. The highest BCUT2D eigenvalue weighted by Gasteiger charge is 2.18. The quantitative estimate of drug-likeness (QED) is 0.225. The summed E-state index contributed by atoms with van der Waals surface area (Å²) >= 11 is 0. The van der Waals surface area contributed by atoms with Gasteiger partial charge in [0.15, 0.2) is 0 Å². The monoisotopic (exact) mass is 536 g/mol. The number of nitrogens with zero attached hydrogens (tertiary/aromatic N) is 4. The molecule has 4 heterocycles. The Labute approximate surface area is 241 Å². The van der Waals surface area contributed by atoms with Gasteiger partial charge in [0.2, 0.25) is 0 Å². The highest BCUT2D eigenvalue weighted by Crippen LogP contribution is 2.40. The van der Waals surface area contributed by atoms with Crippen molar-refractivity contribution in [2.75, 3.05) is 0 Å².